The van der Waals surface area contributed by atoms with Crippen molar-refractivity contribution in [3.63, 3.8) is 0 Å². The van der Waals surface area contributed by atoms with Crippen LogP contribution in [0, 0.1) is 5.92 Å². The molecule has 1 heterocycles. The van der Waals surface area contributed by atoms with Crippen LogP contribution in [-0.2, 0) is 11.2 Å². The van der Waals surface area contributed by atoms with Gasteiger partial charge in [0, 0.05) is 10.9 Å². The quantitative estimate of drug-likeness (QED) is 0.835. The molecule has 2 atom stereocenters. The molecule has 1 aliphatic rings. The Hall–Kier alpha value is -1.03. The number of ether oxygens (including phenoxy) is 1. The number of alkyl halides is 1. The highest BCUT2D eigenvalue weighted by molar-refractivity contribution is 9.09. The highest BCUT2D eigenvalue weighted by atomic mass is 79.9. The third-order valence-corrected chi connectivity index (χ3v) is 4.50. The molecule has 1 aromatic carbocycles. The average Bonchev–Trinajstić information content (AvgIpc) is 2.47. The van der Waals surface area contributed by atoms with Gasteiger partial charge in [-0.1, -0.05) is 41.1 Å². The molecule has 1 amide bonds. The molecule has 0 bridgehead atoms. The molecule has 0 spiro atoms. The Morgan fingerprint density at radius 3 is 2.95 bits per heavy atom. The van der Waals surface area contributed by atoms with Gasteiger partial charge in [0.05, 0.1) is 5.92 Å². The molecule has 3 nitrogen and oxygen atoms in total. The number of fused-ring (bicyclic) bond motifs is 1. The van der Waals surface area contributed by atoms with Gasteiger partial charge in [0.1, 0.15) is 12.4 Å². The lowest BCUT2D eigenvalue weighted by Gasteiger charge is -2.32. The Kier molecular flexibility index (Phi) is 5.08. The van der Waals surface area contributed by atoms with E-state index in [1.165, 1.54) is 0 Å². The predicted octanol–water partition coefficient (Wildman–Crippen LogP) is 3.31. The summed E-state index contributed by atoms with van der Waals surface area (Å²) in [6.07, 6.45) is 2.62. The summed E-state index contributed by atoms with van der Waals surface area (Å²) in [7, 11) is 0. The third kappa shape index (κ3) is 3.54. The number of rotatable bonds is 5. The molecule has 2 rings (SSSR count). The van der Waals surface area contributed by atoms with E-state index in [-0.39, 0.29) is 17.4 Å². The van der Waals surface area contributed by atoms with Gasteiger partial charge in [0.15, 0.2) is 0 Å². The molecule has 0 fully saturated rings. The maximum absolute atomic E-state index is 12.5. The van der Waals surface area contributed by atoms with E-state index in [1.807, 2.05) is 24.3 Å². The number of halogens is 1. The van der Waals surface area contributed by atoms with Crippen LogP contribution < -0.4 is 10.1 Å². The first-order chi connectivity index (χ1) is 9.58. The van der Waals surface area contributed by atoms with Gasteiger partial charge >= 0.3 is 0 Å². The number of hydrogen-bond acceptors (Lipinski definition) is 2. The summed E-state index contributed by atoms with van der Waals surface area (Å²) in [6, 6.07) is 7.95. The minimum atomic E-state index is -0.141. The first-order valence-electron chi connectivity index (χ1n) is 7.16. The normalized spacial score (nSPS) is 20.4. The molecule has 0 aromatic heterocycles. The first kappa shape index (κ1) is 15.4. The molecule has 20 heavy (non-hydrogen) atoms. The fourth-order valence-corrected chi connectivity index (χ4v) is 3.31. The number of para-hydroxylation sites is 1. The van der Waals surface area contributed by atoms with Crippen LogP contribution in [0.15, 0.2) is 24.3 Å². The van der Waals surface area contributed by atoms with E-state index in [4.69, 9.17) is 4.74 Å². The summed E-state index contributed by atoms with van der Waals surface area (Å²) in [5.74, 6) is 0.922. The fraction of sp³-hybridized carbons (Fsp3) is 0.562. The second-order valence-electron chi connectivity index (χ2n) is 5.66. The molecule has 4 heteroatoms. The number of amides is 1. The predicted molar refractivity (Wildman–Crippen MR) is 84.4 cm³/mol. The van der Waals surface area contributed by atoms with Crippen molar-refractivity contribution in [1.82, 2.24) is 5.32 Å². The molecular weight excluding hydrogens is 318 g/mol. The summed E-state index contributed by atoms with van der Waals surface area (Å²) in [4.78, 5) is 12.5. The molecule has 0 radical (unpaired) electrons. The smallest absolute Gasteiger partial charge is 0.227 e. The lowest BCUT2D eigenvalue weighted by molar-refractivity contribution is -0.128. The molecule has 1 aromatic rings. The van der Waals surface area contributed by atoms with E-state index in [2.05, 4.69) is 35.1 Å². The maximum atomic E-state index is 12.5. The third-order valence-electron chi connectivity index (χ3n) is 4.10. The topological polar surface area (TPSA) is 38.3 Å². The lowest BCUT2D eigenvalue weighted by atomic mass is 9.91. The van der Waals surface area contributed by atoms with Crippen LogP contribution in [0.4, 0.5) is 0 Å². The highest BCUT2D eigenvalue weighted by Gasteiger charge is 2.30. The van der Waals surface area contributed by atoms with Crippen molar-refractivity contribution in [2.75, 3.05) is 11.9 Å². The van der Waals surface area contributed by atoms with Crippen molar-refractivity contribution >= 4 is 21.8 Å². The maximum Gasteiger partial charge on any atom is 0.227 e. The number of carbonyl (C=O) groups is 1. The van der Waals surface area contributed by atoms with Crippen molar-refractivity contribution < 1.29 is 9.53 Å². The van der Waals surface area contributed by atoms with Gasteiger partial charge in [0.25, 0.3) is 0 Å². The molecule has 0 saturated heterocycles. The second-order valence-corrected chi connectivity index (χ2v) is 6.46. The van der Waals surface area contributed by atoms with Gasteiger partial charge in [-0.25, -0.2) is 0 Å². The zero-order valence-corrected chi connectivity index (χ0v) is 13.7. The Morgan fingerprint density at radius 2 is 2.25 bits per heavy atom. The van der Waals surface area contributed by atoms with Gasteiger partial charge in [-0.3, -0.25) is 4.79 Å². The number of benzene rings is 1. The van der Waals surface area contributed by atoms with E-state index >= 15 is 0 Å². The molecule has 0 saturated carbocycles. The summed E-state index contributed by atoms with van der Waals surface area (Å²) in [5, 5.41) is 4.09. The molecule has 1 aliphatic heterocycles. The lowest BCUT2D eigenvalue weighted by Crippen LogP contribution is -2.50. The van der Waals surface area contributed by atoms with E-state index in [0.29, 0.717) is 6.61 Å². The highest BCUT2D eigenvalue weighted by Crippen LogP contribution is 2.27. The second kappa shape index (κ2) is 6.61. The molecular formula is C16H22BrNO2. The Bertz CT molecular complexity index is 477. The van der Waals surface area contributed by atoms with Crippen molar-refractivity contribution in [2.45, 2.75) is 38.6 Å². The zero-order valence-electron chi connectivity index (χ0n) is 12.1. The largest absolute Gasteiger partial charge is 0.492 e. The van der Waals surface area contributed by atoms with Gasteiger partial charge in [-0.15, -0.1) is 0 Å². The van der Waals surface area contributed by atoms with Crippen LogP contribution in [0.2, 0.25) is 0 Å². The van der Waals surface area contributed by atoms with Gasteiger partial charge in [0.2, 0.25) is 5.91 Å². The van der Waals surface area contributed by atoms with Crippen molar-refractivity contribution in [2.24, 2.45) is 5.92 Å². The van der Waals surface area contributed by atoms with Crippen LogP contribution in [-0.4, -0.2) is 23.4 Å². The van der Waals surface area contributed by atoms with E-state index in [9.17, 15) is 4.79 Å². The minimum Gasteiger partial charge on any atom is -0.492 e. The zero-order chi connectivity index (χ0) is 14.6. The van der Waals surface area contributed by atoms with Crippen LogP contribution in [0.5, 0.6) is 5.75 Å². The summed E-state index contributed by atoms with van der Waals surface area (Å²) < 4.78 is 5.70. The van der Waals surface area contributed by atoms with Crippen molar-refractivity contribution in [3.8, 4) is 5.75 Å². The standard InChI is InChI=1S/C16H22BrNO2/c1-3-16(2,8-9-17)18-15(19)13-10-12-6-4-5-7-14(12)20-11-13/h4-7,13H,3,8-11H2,1-2H3,(H,18,19). The van der Waals surface area contributed by atoms with Crippen LogP contribution in [0.3, 0.4) is 0 Å². The average molecular weight is 340 g/mol. The molecule has 2 unspecified atom stereocenters. The Balaban J connectivity index is 2.01. The van der Waals surface area contributed by atoms with E-state index in [0.717, 1.165) is 35.9 Å². The van der Waals surface area contributed by atoms with E-state index in [1.54, 1.807) is 0 Å². The summed E-state index contributed by atoms with van der Waals surface area (Å²) in [6.45, 7) is 4.68. The number of hydrogen-bond donors (Lipinski definition) is 1. The molecule has 0 aliphatic carbocycles. The van der Waals surface area contributed by atoms with Crippen molar-refractivity contribution in [1.29, 1.82) is 0 Å². The number of carbonyl (C=O) groups excluding carboxylic acids is 1. The Morgan fingerprint density at radius 1 is 1.50 bits per heavy atom. The molecule has 110 valence electrons. The SMILES string of the molecule is CCC(C)(CCBr)NC(=O)C1COc2ccccc2C1. The van der Waals surface area contributed by atoms with E-state index < -0.39 is 0 Å². The van der Waals surface area contributed by atoms with Crippen LogP contribution >= 0.6 is 15.9 Å². The van der Waals surface area contributed by atoms with Gasteiger partial charge < -0.3 is 10.1 Å². The van der Waals surface area contributed by atoms with Gasteiger partial charge in [-0.2, -0.15) is 0 Å². The first-order valence-corrected chi connectivity index (χ1v) is 8.29. The summed E-state index contributed by atoms with van der Waals surface area (Å²) >= 11 is 3.46. The van der Waals surface area contributed by atoms with Crippen molar-refractivity contribution in [3.05, 3.63) is 29.8 Å². The Labute approximate surface area is 129 Å². The number of nitrogens with one attached hydrogen (secondary N) is 1. The molecule has 1 N–H and O–H groups in total. The summed E-state index contributed by atoms with van der Waals surface area (Å²) in [5.41, 5.74) is 0.981. The van der Waals surface area contributed by atoms with Crippen LogP contribution in [0.1, 0.15) is 32.3 Å². The van der Waals surface area contributed by atoms with Crippen LogP contribution in [0.25, 0.3) is 0 Å². The fourth-order valence-electron chi connectivity index (χ4n) is 2.43. The minimum absolute atomic E-state index is 0.0916. The van der Waals surface area contributed by atoms with Gasteiger partial charge in [-0.05, 0) is 37.8 Å². The monoisotopic (exact) mass is 339 g/mol.